The van der Waals surface area contributed by atoms with Crippen LogP contribution in [-0.4, -0.2) is 40.8 Å². The van der Waals surface area contributed by atoms with Gasteiger partial charge < -0.3 is 10.2 Å². The maximum atomic E-state index is 13.6. The Morgan fingerprint density at radius 1 is 0.882 bits per heavy atom. The third-order valence-corrected chi connectivity index (χ3v) is 6.24. The summed E-state index contributed by atoms with van der Waals surface area (Å²) in [6, 6.07) is 24.7. The number of rotatable bonds is 4. The SMILES string of the molecule is O=C(NC1CCN(C(=O)c2cc(-c3ccc(F)cc3)nc3ccccc23)CC1)c1ccccc1. The zero-order chi connectivity index (χ0) is 23.5. The number of para-hydroxylation sites is 1. The fourth-order valence-electron chi connectivity index (χ4n) is 4.38. The van der Waals surface area contributed by atoms with Gasteiger partial charge in [0.25, 0.3) is 11.8 Å². The first-order chi connectivity index (χ1) is 16.6. The molecule has 1 aliphatic heterocycles. The lowest BCUT2D eigenvalue weighted by atomic mass is 10.00. The summed E-state index contributed by atoms with van der Waals surface area (Å²) >= 11 is 0. The van der Waals surface area contributed by atoms with E-state index < -0.39 is 0 Å². The van der Waals surface area contributed by atoms with Crippen molar-refractivity contribution < 1.29 is 14.0 Å². The van der Waals surface area contributed by atoms with E-state index in [0.29, 0.717) is 42.8 Å². The molecule has 4 aromatic rings. The van der Waals surface area contributed by atoms with Crippen molar-refractivity contribution in [2.75, 3.05) is 13.1 Å². The first kappa shape index (κ1) is 21.8. The molecule has 1 aromatic heterocycles. The Labute approximate surface area is 197 Å². The van der Waals surface area contributed by atoms with Crippen LogP contribution in [0.3, 0.4) is 0 Å². The zero-order valence-electron chi connectivity index (χ0n) is 18.6. The lowest BCUT2D eigenvalue weighted by Crippen LogP contribution is -2.46. The number of pyridine rings is 1. The van der Waals surface area contributed by atoms with Crippen molar-refractivity contribution in [3.05, 3.63) is 102 Å². The van der Waals surface area contributed by atoms with Crippen LogP contribution < -0.4 is 5.32 Å². The summed E-state index contributed by atoms with van der Waals surface area (Å²) in [5, 5.41) is 3.87. The number of aromatic nitrogens is 1. The number of nitrogens with zero attached hydrogens (tertiary/aromatic N) is 2. The number of carbonyl (C=O) groups excluding carboxylic acids is 2. The van der Waals surface area contributed by atoms with Crippen LogP contribution in [0.5, 0.6) is 0 Å². The molecule has 3 aromatic carbocycles. The Hall–Kier alpha value is -4.06. The van der Waals surface area contributed by atoms with Gasteiger partial charge in [-0.2, -0.15) is 0 Å². The molecule has 5 rings (SSSR count). The number of hydrogen-bond acceptors (Lipinski definition) is 3. The summed E-state index contributed by atoms with van der Waals surface area (Å²) in [4.78, 5) is 32.6. The largest absolute Gasteiger partial charge is 0.349 e. The fourth-order valence-corrected chi connectivity index (χ4v) is 4.38. The van der Waals surface area contributed by atoms with Crippen molar-refractivity contribution in [3.63, 3.8) is 0 Å². The Morgan fingerprint density at radius 3 is 2.29 bits per heavy atom. The molecule has 5 nitrogen and oxygen atoms in total. The van der Waals surface area contributed by atoms with E-state index in [1.54, 1.807) is 30.3 Å². The summed E-state index contributed by atoms with van der Waals surface area (Å²) in [5.41, 5.74) is 3.32. The number of likely N-dealkylation sites (tertiary alicyclic amines) is 1. The van der Waals surface area contributed by atoms with E-state index in [1.165, 1.54) is 12.1 Å². The molecule has 170 valence electrons. The van der Waals surface area contributed by atoms with Crippen LogP contribution in [0.1, 0.15) is 33.6 Å². The van der Waals surface area contributed by atoms with Crippen molar-refractivity contribution in [2.45, 2.75) is 18.9 Å². The van der Waals surface area contributed by atoms with E-state index in [1.807, 2.05) is 47.4 Å². The molecule has 0 atom stereocenters. The van der Waals surface area contributed by atoms with Crippen LogP contribution in [0.15, 0.2) is 84.9 Å². The predicted molar refractivity (Wildman–Crippen MR) is 130 cm³/mol. The predicted octanol–water partition coefficient (Wildman–Crippen LogP) is 5.08. The monoisotopic (exact) mass is 453 g/mol. The minimum atomic E-state index is -0.317. The number of hydrogen-bond donors (Lipinski definition) is 1. The molecule has 0 unspecified atom stereocenters. The first-order valence-electron chi connectivity index (χ1n) is 11.4. The molecule has 1 N–H and O–H groups in total. The second-order valence-corrected chi connectivity index (χ2v) is 8.49. The molecule has 0 aliphatic carbocycles. The quantitative estimate of drug-likeness (QED) is 0.469. The molecule has 2 amide bonds. The van der Waals surface area contributed by atoms with Crippen molar-refractivity contribution in [2.24, 2.45) is 0 Å². The van der Waals surface area contributed by atoms with E-state index in [0.717, 1.165) is 16.5 Å². The van der Waals surface area contributed by atoms with Gasteiger partial charge >= 0.3 is 0 Å². The number of carbonyl (C=O) groups is 2. The highest BCUT2D eigenvalue weighted by Crippen LogP contribution is 2.27. The van der Waals surface area contributed by atoms with Crippen molar-refractivity contribution in [1.82, 2.24) is 15.2 Å². The number of piperidine rings is 1. The van der Waals surface area contributed by atoms with Crippen LogP contribution >= 0.6 is 0 Å². The van der Waals surface area contributed by atoms with Gasteiger partial charge in [-0.25, -0.2) is 9.37 Å². The fraction of sp³-hybridized carbons (Fsp3) is 0.179. The molecule has 1 fully saturated rings. The first-order valence-corrected chi connectivity index (χ1v) is 11.4. The molecule has 0 bridgehead atoms. The molecular formula is C28H24FN3O2. The summed E-state index contributed by atoms with van der Waals surface area (Å²) in [5.74, 6) is -0.465. The minimum absolute atomic E-state index is 0.0284. The molecule has 6 heteroatoms. The van der Waals surface area contributed by atoms with Crippen LogP contribution in [-0.2, 0) is 0 Å². The molecule has 0 radical (unpaired) electrons. The van der Waals surface area contributed by atoms with E-state index in [4.69, 9.17) is 4.98 Å². The topological polar surface area (TPSA) is 62.3 Å². The molecule has 1 saturated heterocycles. The summed E-state index contributed by atoms with van der Waals surface area (Å²) in [6.07, 6.45) is 1.39. The standard InChI is InChI=1S/C28H24FN3O2/c29-21-12-10-19(11-13-21)26-18-24(23-8-4-5-9-25(23)31-26)28(34)32-16-14-22(15-17-32)30-27(33)20-6-2-1-3-7-20/h1-13,18,22H,14-17H2,(H,30,33). The Kier molecular flexibility index (Phi) is 6.04. The molecule has 1 aliphatic rings. The van der Waals surface area contributed by atoms with Crippen molar-refractivity contribution in [3.8, 4) is 11.3 Å². The number of amides is 2. The summed E-state index contributed by atoms with van der Waals surface area (Å²) in [7, 11) is 0. The number of benzene rings is 3. The highest BCUT2D eigenvalue weighted by atomic mass is 19.1. The molecule has 0 spiro atoms. The number of nitrogens with one attached hydrogen (secondary N) is 1. The van der Waals surface area contributed by atoms with Gasteiger partial charge in [0.15, 0.2) is 0 Å². The zero-order valence-corrected chi connectivity index (χ0v) is 18.6. The van der Waals surface area contributed by atoms with Crippen LogP contribution in [0.4, 0.5) is 4.39 Å². The van der Waals surface area contributed by atoms with Gasteiger partial charge in [-0.05, 0) is 61.4 Å². The maximum absolute atomic E-state index is 13.6. The van der Waals surface area contributed by atoms with Crippen LogP contribution in [0.25, 0.3) is 22.2 Å². The summed E-state index contributed by atoms with van der Waals surface area (Å²) < 4.78 is 13.4. The van der Waals surface area contributed by atoms with E-state index in [-0.39, 0.29) is 23.7 Å². The molecule has 34 heavy (non-hydrogen) atoms. The number of fused-ring (bicyclic) bond motifs is 1. The smallest absolute Gasteiger partial charge is 0.254 e. The third kappa shape index (κ3) is 4.53. The highest BCUT2D eigenvalue weighted by Gasteiger charge is 2.26. The van der Waals surface area contributed by atoms with E-state index >= 15 is 0 Å². The average molecular weight is 454 g/mol. The third-order valence-electron chi connectivity index (χ3n) is 6.24. The van der Waals surface area contributed by atoms with Crippen molar-refractivity contribution >= 4 is 22.7 Å². The van der Waals surface area contributed by atoms with Gasteiger partial charge in [-0.15, -0.1) is 0 Å². The van der Waals surface area contributed by atoms with Gasteiger partial charge in [0, 0.05) is 35.6 Å². The summed E-state index contributed by atoms with van der Waals surface area (Å²) in [6.45, 7) is 1.11. The van der Waals surface area contributed by atoms with E-state index in [2.05, 4.69) is 5.32 Å². The van der Waals surface area contributed by atoms with Gasteiger partial charge in [-0.1, -0.05) is 36.4 Å². The second kappa shape index (κ2) is 9.43. The Balaban J connectivity index is 1.34. The minimum Gasteiger partial charge on any atom is -0.349 e. The highest BCUT2D eigenvalue weighted by molar-refractivity contribution is 6.07. The van der Waals surface area contributed by atoms with E-state index in [9.17, 15) is 14.0 Å². The van der Waals surface area contributed by atoms with Gasteiger partial charge in [0.05, 0.1) is 16.8 Å². The second-order valence-electron chi connectivity index (χ2n) is 8.49. The average Bonchev–Trinajstić information content (AvgIpc) is 2.89. The van der Waals surface area contributed by atoms with Gasteiger partial charge in [-0.3, -0.25) is 9.59 Å². The van der Waals surface area contributed by atoms with Gasteiger partial charge in [0.1, 0.15) is 5.82 Å². The van der Waals surface area contributed by atoms with Crippen LogP contribution in [0, 0.1) is 5.82 Å². The molecule has 0 saturated carbocycles. The Morgan fingerprint density at radius 2 is 1.56 bits per heavy atom. The lowest BCUT2D eigenvalue weighted by molar-refractivity contribution is 0.0700. The van der Waals surface area contributed by atoms with Gasteiger partial charge in [0.2, 0.25) is 0 Å². The van der Waals surface area contributed by atoms with Crippen LogP contribution in [0.2, 0.25) is 0 Å². The number of halogens is 1. The maximum Gasteiger partial charge on any atom is 0.254 e. The lowest BCUT2D eigenvalue weighted by Gasteiger charge is -2.32. The molecule has 2 heterocycles. The normalized spacial score (nSPS) is 14.2. The molecular weight excluding hydrogens is 429 g/mol. The Bertz CT molecular complexity index is 1330. The van der Waals surface area contributed by atoms with Crippen molar-refractivity contribution in [1.29, 1.82) is 0 Å².